The molecular weight excluding hydrogens is 276 g/mol. The van der Waals surface area contributed by atoms with Crippen LogP contribution in [0.1, 0.15) is 17.0 Å². The molecular formula is C15H19ClN2O2. The highest BCUT2D eigenvalue weighted by atomic mass is 35.5. The SMILES string of the molecule is Cc1noc(C)c1CN(C)CCOc1ccc(Cl)cc1. The molecule has 0 bridgehead atoms. The molecule has 4 nitrogen and oxygen atoms in total. The molecule has 108 valence electrons. The molecule has 0 unspecified atom stereocenters. The van der Waals surface area contributed by atoms with Gasteiger partial charge in [-0.25, -0.2) is 0 Å². The van der Waals surface area contributed by atoms with Crippen molar-refractivity contribution in [3.63, 3.8) is 0 Å². The zero-order chi connectivity index (χ0) is 14.5. The first-order valence-electron chi connectivity index (χ1n) is 6.55. The topological polar surface area (TPSA) is 38.5 Å². The van der Waals surface area contributed by atoms with Gasteiger partial charge in [0.15, 0.2) is 0 Å². The maximum Gasteiger partial charge on any atom is 0.138 e. The lowest BCUT2D eigenvalue weighted by Gasteiger charge is -2.16. The molecule has 2 aromatic rings. The van der Waals surface area contributed by atoms with Crippen molar-refractivity contribution in [3.05, 3.63) is 46.3 Å². The van der Waals surface area contributed by atoms with Gasteiger partial charge in [-0.15, -0.1) is 0 Å². The lowest BCUT2D eigenvalue weighted by Crippen LogP contribution is -2.24. The highest BCUT2D eigenvalue weighted by Gasteiger charge is 2.11. The molecule has 1 aromatic heterocycles. The molecule has 0 atom stereocenters. The molecule has 5 heteroatoms. The van der Waals surface area contributed by atoms with Gasteiger partial charge >= 0.3 is 0 Å². The van der Waals surface area contributed by atoms with Gasteiger partial charge in [0.2, 0.25) is 0 Å². The van der Waals surface area contributed by atoms with Crippen molar-refractivity contribution in [2.45, 2.75) is 20.4 Å². The fraction of sp³-hybridized carbons (Fsp3) is 0.400. The Balaban J connectivity index is 1.78. The highest BCUT2D eigenvalue weighted by Crippen LogP contribution is 2.16. The monoisotopic (exact) mass is 294 g/mol. The van der Waals surface area contributed by atoms with Gasteiger partial charge in [0.25, 0.3) is 0 Å². The van der Waals surface area contributed by atoms with Gasteiger partial charge in [0.1, 0.15) is 18.1 Å². The van der Waals surface area contributed by atoms with Gasteiger partial charge in [-0.05, 0) is 45.2 Å². The fourth-order valence-electron chi connectivity index (χ4n) is 1.93. The minimum absolute atomic E-state index is 0.626. The van der Waals surface area contributed by atoms with Crippen molar-refractivity contribution in [2.75, 3.05) is 20.2 Å². The summed E-state index contributed by atoms with van der Waals surface area (Å²) in [7, 11) is 2.05. The molecule has 0 spiro atoms. The van der Waals surface area contributed by atoms with E-state index in [1.54, 1.807) is 0 Å². The van der Waals surface area contributed by atoms with Crippen LogP contribution in [-0.2, 0) is 6.54 Å². The summed E-state index contributed by atoms with van der Waals surface area (Å²) in [6.45, 7) is 6.16. The Hall–Kier alpha value is -1.52. The van der Waals surface area contributed by atoms with Crippen LogP contribution >= 0.6 is 11.6 Å². The average Bonchev–Trinajstić information content (AvgIpc) is 2.73. The predicted molar refractivity (Wildman–Crippen MR) is 79.3 cm³/mol. The maximum absolute atomic E-state index is 5.83. The van der Waals surface area contributed by atoms with E-state index in [2.05, 4.69) is 17.1 Å². The van der Waals surface area contributed by atoms with Crippen LogP contribution in [-0.4, -0.2) is 30.3 Å². The van der Waals surface area contributed by atoms with Crippen LogP contribution in [0.4, 0.5) is 0 Å². The average molecular weight is 295 g/mol. The molecule has 0 saturated heterocycles. The minimum Gasteiger partial charge on any atom is -0.492 e. The number of benzene rings is 1. The van der Waals surface area contributed by atoms with Crippen LogP contribution in [0.25, 0.3) is 0 Å². The molecule has 0 saturated carbocycles. The number of aromatic nitrogens is 1. The molecule has 1 aromatic carbocycles. The van der Waals surface area contributed by atoms with Crippen molar-refractivity contribution < 1.29 is 9.26 Å². The second-order valence-corrected chi connectivity index (χ2v) is 5.28. The van der Waals surface area contributed by atoms with E-state index in [9.17, 15) is 0 Å². The van der Waals surface area contributed by atoms with Crippen LogP contribution in [0.5, 0.6) is 5.75 Å². The second kappa shape index (κ2) is 6.77. The van der Waals surface area contributed by atoms with Crippen molar-refractivity contribution in [1.29, 1.82) is 0 Å². The summed E-state index contributed by atoms with van der Waals surface area (Å²) in [4.78, 5) is 2.18. The van der Waals surface area contributed by atoms with E-state index in [0.29, 0.717) is 11.6 Å². The summed E-state index contributed by atoms with van der Waals surface area (Å²) in [5, 5.41) is 4.68. The van der Waals surface area contributed by atoms with Crippen molar-refractivity contribution in [3.8, 4) is 5.75 Å². The number of nitrogens with zero attached hydrogens (tertiary/aromatic N) is 2. The largest absolute Gasteiger partial charge is 0.492 e. The number of aryl methyl sites for hydroxylation is 2. The van der Waals surface area contributed by atoms with E-state index in [0.717, 1.165) is 35.9 Å². The van der Waals surface area contributed by atoms with E-state index in [4.69, 9.17) is 20.9 Å². The fourth-order valence-corrected chi connectivity index (χ4v) is 2.05. The Morgan fingerprint density at radius 2 is 1.95 bits per heavy atom. The first-order valence-corrected chi connectivity index (χ1v) is 6.92. The quantitative estimate of drug-likeness (QED) is 0.818. The zero-order valence-corrected chi connectivity index (χ0v) is 12.8. The van der Waals surface area contributed by atoms with Gasteiger partial charge in [-0.1, -0.05) is 16.8 Å². The summed E-state index contributed by atoms with van der Waals surface area (Å²) in [6.07, 6.45) is 0. The van der Waals surface area contributed by atoms with Crippen LogP contribution in [0.3, 0.4) is 0 Å². The first kappa shape index (κ1) is 14.9. The Kier molecular flexibility index (Phi) is 5.04. The van der Waals surface area contributed by atoms with Gasteiger partial charge in [0.05, 0.1) is 5.69 Å². The molecule has 1 heterocycles. The molecule has 0 amide bonds. The van der Waals surface area contributed by atoms with E-state index in [1.165, 1.54) is 0 Å². The lowest BCUT2D eigenvalue weighted by molar-refractivity contribution is 0.232. The summed E-state index contributed by atoms with van der Waals surface area (Å²) < 4.78 is 10.8. The Bertz CT molecular complexity index is 532. The first-order chi connectivity index (χ1) is 9.56. The predicted octanol–water partition coefficient (Wildman–Crippen LogP) is 3.46. The standard InChI is InChI=1S/C15H19ClN2O2/c1-11-15(12(2)20-17-11)10-18(3)8-9-19-14-6-4-13(16)5-7-14/h4-7H,8-10H2,1-3H3. The minimum atomic E-state index is 0.626. The number of likely N-dealkylation sites (N-methyl/N-ethyl adjacent to an activating group) is 1. The second-order valence-electron chi connectivity index (χ2n) is 4.84. The molecule has 0 fully saturated rings. The van der Waals surface area contributed by atoms with E-state index in [-0.39, 0.29) is 0 Å². The van der Waals surface area contributed by atoms with E-state index in [1.807, 2.05) is 38.1 Å². The van der Waals surface area contributed by atoms with Gasteiger partial charge in [0, 0.05) is 23.7 Å². The molecule has 0 aliphatic heterocycles. The van der Waals surface area contributed by atoms with Crippen LogP contribution in [0, 0.1) is 13.8 Å². The Labute approximate surface area is 124 Å². The smallest absolute Gasteiger partial charge is 0.138 e. The molecule has 0 aliphatic carbocycles. The third-order valence-corrected chi connectivity index (χ3v) is 3.42. The number of hydrogen-bond donors (Lipinski definition) is 0. The molecule has 0 N–H and O–H groups in total. The maximum atomic E-state index is 5.83. The Morgan fingerprint density at radius 1 is 1.25 bits per heavy atom. The van der Waals surface area contributed by atoms with Crippen LogP contribution < -0.4 is 4.74 Å². The van der Waals surface area contributed by atoms with Crippen molar-refractivity contribution in [1.82, 2.24) is 10.1 Å². The number of rotatable bonds is 6. The summed E-state index contributed by atoms with van der Waals surface area (Å²) in [5.74, 6) is 1.72. The Morgan fingerprint density at radius 3 is 2.55 bits per heavy atom. The van der Waals surface area contributed by atoms with E-state index < -0.39 is 0 Å². The van der Waals surface area contributed by atoms with Gasteiger partial charge in [-0.2, -0.15) is 0 Å². The van der Waals surface area contributed by atoms with Crippen LogP contribution in [0.2, 0.25) is 5.02 Å². The zero-order valence-electron chi connectivity index (χ0n) is 12.0. The van der Waals surface area contributed by atoms with Crippen molar-refractivity contribution in [2.24, 2.45) is 0 Å². The third kappa shape index (κ3) is 3.99. The number of ether oxygens (including phenoxy) is 1. The summed E-state index contributed by atoms with van der Waals surface area (Å²) >= 11 is 5.83. The van der Waals surface area contributed by atoms with E-state index >= 15 is 0 Å². The molecule has 0 aliphatic rings. The number of hydrogen-bond acceptors (Lipinski definition) is 4. The van der Waals surface area contributed by atoms with Gasteiger partial charge < -0.3 is 9.26 Å². The summed E-state index contributed by atoms with van der Waals surface area (Å²) in [6, 6.07) is 7.39. The van der Waals surface area contributed by atoms with Crippen LogP contribution in [0.15, 0.2) is 28.8 Å². The highest BCUT2D eigenvalue weighted by molar-refractivity contribution is 6.30. The molecule has 2 rings (SSSR count). The molecule has 20 heavy (non-hydrogen) atoms. The lowest BCUT2D eigenvalue weighted by atomic mass is 10.2. The normalized spacial score (nSPS) is 11.1. The summed E-state index contributed by atoms with van der Waals surface area (Å²) in [5.41, 5.74) is 2.10. The number of halogens is 1. The molecule has 0 radical (unpaired) electrons. The van der Waals surface area contributed by atoms with Crippen molar-refractivity contribution >= 4 is 11.6 Å². The van der Waals surface area contributed by atoms with Gasteiger partial charge in [-0.3, -0.25) is 4.90 Å². The third-order valence-electron chi connectivity index (χ3n) is 3.16.